The molecule has 3 aliphatic rings. The van der Waals surface area contributed by atoms with Crippen LogP contribution >= 0.6 is 0 Å². The van der Waals surface area contributed by atoms with Crippen molar-refractivity contribution < 1.29 is 9.59 Å². The van der Waals surface area contributed by atoms with E-state index in [1.807, 2.05) is 27.7 Å². The summed E-state index contributed by atoms with van der Waals surface area (Å²) in [5.74, 6) is 0.905. The van der Waals surface area contributed by atoms with E-state index in [1.165, 1.54) is 18.4 Å². The molecule has 0 unspecified atom stereocenters. The van der Waals surface area contributed by atoms with E-state index in [0.717, 1.165) is 18.7 Å². The third-order valence-electron chi connectivity index (χ3n) is 5.39. The Balaban J connectivity index is 1.41. The van der Waals surface area contributed by atoms with E-state index in [1.54, 1.807) is 11.1 Å². The molecule has 6 heteroatoms. The van der Waals surface area contributed by atoms with E-state index in [2.05, 4.69) is 11.1 Å². The fourth-order valence-electron chi connectivity index (χ4n) is 3.81. The maximum absolute atomic E-state index is 12.9. The predicted octanol–water partition coefficient (Wildman–Crippen LogP) is 1.95. The largest absolute Gasteiger partial charge is 0.334 e. The molecule has 0 N–H and O–H groups in total. The Labute approximate surface area is 146 Å². The van der Waals surface area contributed by atoms with Crippen LogP contribution in [0, 0.1) is 5.92 Å². The van der Waals surface area contributed by atoms with Gasteiger partial charge in [0.15, 0.2) is 5.82 Å². The molecule has 2 aliphatic heterocycles. The summed E-state index contributed by atoms with van der Waals surface area (Å²) in [6.45, 7) is 2.92. The Morgan fingerprint density at radius 3 is 2.84 bits per heavy atom. The number of fused-ring (bicyclic) bond motifs is 2. The van der Waals surface area contributed by atoms with Gasteiger partial charge in [0.1, 0.15) is 5.69 Å². The molecule has 1 saturated carbocycles. The fraction of sp³-hybridized carbons (Fsp3) is 0.421. The van der Waals surface area contributed by atoms with E-state index < -0.39 is 0 Å². The van der Waals surface area contributed by atoms with Crippen LogP contribution in [0.1, 0.15) is 39.5 Å². The van der Waals surface area contributed by atoms with Gasteiger partial charge < -0.3 is 14.4 Å². The summed E-state index contributed by atoms with van der Waals surface area (Å²) in [6.07, 6.45) is 5.04. The molecule has 5 rings (SSSR count). The third kappa shape index (κ3) is 2.44. The molecule has 1 aliphatic carbocycles. The van der Waals surface area contributed by atoms with E-state index in [0.29, 0.717) is 37.1 Å². The van der Waals surface area contributed by atoms with Gasteiger partial charge in [-0.2, -0.15) is 0 Å². The molecule has 25 heavy (non-hydrogen) atoms. The van der Waals surface area contributed by atoms with Gasteiger partial charge in [-0.1, -0.05) is 18.2 Å². The molecular formula is C19H20N4O2. The number of anilines is 1. The van der Waals surface area contributed by atoms with Gasteiger partial charge in [0.05, 0.1) is 0 Å². The molecular weight excluding hydrogens is 316 g/mol. The summed E-state index contributed by atoms with van der Waals surface area (Å²) >= 11 is 0. The van der Waals surface area contributed by atoms with E-state index in [-0.39, 0.29) is 11.8 Å². The molecule has 2 amide bonds. The molecule has 1 aromatic heterocycles. The number of hydrogen-bond acceptors (Lipinski definition) is 3. The number of imidazole rings is 1. The van der Waals surface area contributed by atoms with Crippen molar-refractivity contribution in [3.8, 4) is 0 Å². The summed E-state index contributed by atoms with van der Waals surface area (Å²) in [5, 5.41) is 0. The highest BCUT2D eigenvalue weighted by Gasteiger charge is 2.34. The monoisotopic (exact) mass is 336 g/mol. The minimum Gasteiger partial charge on any atom is -0.334 e. The number of para-hydroxylation sites is 1. The number of nitrogens with zero attached hydrogens (tertiary/aromatic N) is 4. The van der Waals surface area contributed by atoms with E-state index in [9.17, 15) is 9.59 Å². The normalized spacial score (nSPS) is 19.1. The number of carbonyl (C=O) groups excluding carboxylic acids is 2. The summed E-state index contributed by atoms with van der Waals surface area (Å²) in [4.78, 5) is 33.7. The number of benzene rings is 1. The number of aromatic nitrogens is 2. The average Bonchev–Trinajstić information content (AvgIpc) is 3.18. The Hall–Kier alpha value is -2.63. The molecule has 6 nitrogen and oxygen atoms in total. The van der Waals surface area contributed by atoms with Crippen molar-refractivity contribution in [2.45, 2.75) is 25.8 Å². The lowest BCUT2D eigenvalue weighted by molar-refractivity contribution is 0.0688. The lowest BCUT2D eigenvalue weighted by atomic mass is 10.2. The molecule has 1 fully saturated rings. The molecule has 128 valence electrons. The van der Waals surface area contributed by atoms with Gasteiger partial charge in [-0.25, -0.2) is 4.98 Å². The topological polar surface area (TPSA) is 58.4 Å². The molecule has 3 heterocycles. The van der Waals surface area contributed by atoms with Crippen LogP contribution in [0.5, 0.6) is 0 Å². The molecule has 2 aromatic rings. The van der Waals surface area contributed by atoms with Crippen LogP contribution in [0.4, 0.5) is 5.69 Å². The van der Waals surface area contributed by atoms with Crippen LogP contribution in [0.3, 0.4) is 0 Å². The van der Waals surface area contributed by atoms with Crippen molar-refractivity contribution in [3.63, 3.8) is 0 Å². The standard InChI is InChI=1S/C19H20N4O2/c24-18(23-8-7-14-3-1-2-4-16(14)23)15-12-21-9-10-22(11-13-5-6-13)19(25)17(21)20-15/h1-4,12-13H,5-11H2. The van der Waals surface area contributed by atoms with Gasteiger partial charge in [0.25, 0.3) is 11.8 Å². The highest BCUT2D eigenvalue weighted by molar-refractivity contribution is 6.06. The van der Waals surface area contributed by atoms with Crippen molar-refractivity contribution in [1.82, 2.24) is 14.5 Å². The van der Waals surface area contributed by atoms with Crippen molar-refractivity contribution in [2.75, 3.05) is 24.5 Å². The fourth-order valence-corrected chi connectivity index (χ4v) is 3.81. The van der Waals surface area contributed by atoms with Crippen LogP contribution in [0.2, 0.25) is 0 Å². The minimum absolute atomic E-state index is 0.0426. The maximum atomic E-state index is 12.9. The first-order valence-corrected chi connectivity index (χ1v) is 8.97. The number of amides is 2. The van der Waals surface area contributed by atoms with Gasteiger partial charge in [-0.05, 0) is 36.8 Å². The van der Waals surface area contributed by atoms with Crippen LogP contribution in [0.15, 0.2) is 30.5 Å². The van der Waals surface area contributed by atoms with Crippen LogP contribution < -0.4 is 4.90 Å². The second kappa shape index (κ2) is 5.44. The number of hydrogen-bond donors (Lipinski definition) is 0. The lowest BCUT2D eigenvalue weighted by Gasteiger charge is -2.27. The molecule has 0 bridgehead atoms. The van der Waals surface area contributed by atoms with Crippen LogP contribution in [-0.4, -0.2) is 45.9 Å². The lowest BCUT2D eigenvalue weighted by Crippen LogP contribution is -2.41. The SMILES string of the molecule is O=C1c2nc(C(=O)N3CCc4ccccc43)cn2CCN1CC1CC1. The summed E-state index contributed by atoms with van der Waals surface area (Å²) in [6, 6.07) is 7.97. The van der Waals surface area contributed by atoms with Gasteiger partial charge in [-0.15, -0.1) is 0 Å². The van der Waals surface area contributed by atoms with E-state index >= 15 is 0 Å². The van der Waals surface area contributed by atoms with Gasteiger partial charge in [0, 0.05) is 38.1 Å². The Kier molecular flexibility index (Phi) is 3.20. The predicted molar refractivity (Wildman–Crippen MR) is 92.7 cm³/mol. The first kappa shape index (κ1) is 14.7. The van der Waals surface area contributed by atoms with Crippen LogP contribution in [-0.2, 0) is 13.0 Å². The Morgan fingerprint density at radius 2 is 2.00 bits per heavy atom. The summed E-state index contributed by atoms with van der Waals surface area (Å²) < 4.78 is 1.83. The Morgan fingerprint density at radius 1 is 1.16 bits per heavy atom. The number of carbonyl (C=O) groups is 2. The molecule has 0 saturated heterocycles. The van der Waals surface area contributed by atoms with Gasteiger partial charge in [-0.3, -0.25) is 9.59 Å². The van der Waals surface area contributed by atoms with E-state index in [4.69, 9.17) is 0 Å². The van der Waals surface area contributed by atoms with Crippen molar-refractivity contribution in [3.05, 3.63) is 47.5 Å². The zero-order valence-electron chi connectivity index (χ0n) is 14.0. The Bertz CT molecular complexity index is 868. The highest BCUT2D eigenvalue weighted by Crippen LogP contribution is 2.31. The maximum Gasteiger partial charge on any atom is 0.289 e. The van der Waals surface area contributed by atoms with Crippen molar-refractivity contribution >= 4 is 17.5 Å². The summed E-state index contributed by atoms with van der Waals surface area (Å²) in [7, 11) is 0. The third-order valence-corrected chi connectivity index (χ3v) is 5.39. The first-order valence-electron chi connectivity index (χ1n) is 8.97. The van der Waals surface area contributed by atoms with Gasteiger partial charge >= 0.3 is 0 Å². The molecule has 0 atom stereocenters. The number of rotatable bonds is 3. The van der Waals surface area contributed by atoms with Crippen LogP contribution in [0.25, 0.3) is 0 Å². The minimum atomic E-state index is -0.117. The first-order chi connectivity index (χ1) is 12.2. The second-order valence-corrected chi connectivity index (χ2v) is 7.17. The molecule has 0 radical (unpaired) electrons. The summed E-state index contributed by atoms with van der Waals surface area (Å²) in [5.41, 5.74) is 2.51. The smallest absolute Gasteiger partial charge is 0.289 e. The van der Waals surface area contributed by atoms with Crippen molar-refractivity contribution in [2.24, 2.45) is 5.92 Å². The quantitative estimate of drug-likeness (QED) is 0.861. The zero-order chi connectivity index (χ0) is 17.0. The van der Waals surface area contributed by atoms with Crippen molar-refractivity contribution in [1.29, 1.82) is 0 Å². The zero-order valence-corrected chi connectivity index (χ0v) is 14.0. The average molecular weight is 336 g/mol. The molecule has 1 aromatic carbocycles. The second-order valence-electron chi connectivity index (χ2n) is 7.17. The highest BCUT2D eigenvalue weighted by atomic mass is 16.2. The molecule has 0 spiro atoms. The van der Waals surface area contributed by atoms with Gasteiger partial charge in [0.2, 0.25) is 0 Å².